The Kier molecular flexibility index (Phi) is 4.42. The maximum atomic E-state index is 12.4. The van der Waals surface area contributed by atoms with Crippen LogP contribution in [-0.4, -0.2) is 39.4 Å². The zero-order valence-electron chi connectivity index (χ0n) is 10.3. The average molecular weight is 333 g/mol. The molecule has 0 aromatic heterocycles. The lowest BCUT2D eigenvalue weighted by Crippen LogP contribution is -2.30. The van der Waals surface area contributed by atoms with E-state index in [2.05, 4.69) is 21.2 Å². The Morgan fingerprint density at radius 3 is 2.67 bits per heavy atom. The molecular formula is C12H17BrN2O2S. The second-order valence-electron chi connectivity index (χ2n) is 4.53. The molecular weight excluding hydrogens is 316 g/mol. The van der Waals surface area contributed by atoms with Crippen LogP contribution in [0.25, 0.3) is 0 Å². The van der Waals surface area contributed by atoms with Crippen LogP contribution in [0.4, 0.5) is 0 Å². The summed E-state index contributed by atoms with van der Waals surface area (Å²) in [4.78, 5) is 0.371. The number of nitrogens with zero attached hydrogens (tertiary/aromatic N) is 1. The molecule has 1 fully saturated rings. The third-order valence-corrected chi connectivity index (χ3v) is 5.60. The van der Waals surface area contributed by atoms with E-state index in [9.17, 15) is 8.42 Å². The van der Waals surface area contributed by atoms with Gasteiger partial charge in [-0.3, -0.25) is 0 Å². The first kappa shape index (κ1) is 14.0. The molecule has 1 aromatic carbocycles. The highest BCUT2D eigenvalue weighted by molar-refractivity contribution is 9.10. The Bertz CT molecular complexity index is 501. The Morgan fingerprint density at radius 2 is 2.06 bits per heavy atom. The van der Waals surface area contributed by atoms with Gasteiger partial charge in [0.05, 0.1) is 4.90 Å². The molecule has 0 saturated carbocycles. The van der Waals surface area contributed by atoms with Crippen LogP contribution >= 0.6 is 15.9 Å². The second-order valence-corrected chi connectivity index (χ2v) is 7.38. The number of hydrogen-bond donors (Lipinski definition) is 1. The van der Waals surface area contributed by atoms with Crippen LogP contribution < -0.4 is 5.32 Å². The topological polar surface area (TPSA) is 49.4 Å². The van der Waals surface area contributed by atoms with E-state index in [0.717, 1.165) is 17.4 Å². The van der Waals surface area contributed by atoms with Gasteiger partial charge in [0.2, 0.25) is 10.0 Å². The molecule has 1 unspecified atom stereocenters. The van der Waals surface area contributed by atoms with E-state index in [1.165, 1.54) is 0 Å². The summed E-state index contributed by atoms with van der Waals surface area (Å²) in [5, 5.41) is 3.10. The van der Waals surface area contributed by atoms with Gasteiger partial charge in [0.1, 0.15) is 0 Å². The zero-order valence-corrected chi connectivity index (χ0v) is 12.7. The van der Waals surface area contributed by atoms with E-state index >= 15 is 0 Å². The van der Waals surface area contributed by atoms with Crippen molar-refractivity contribution in [1.29, 1.82) is 0 Å². The monoisotopic (exact) mass is 332 g/mol. The maximum Gasteiger partial charge on any atom is 0.243 e. The predicted molar refractivity (Wildman–Crippen MR) is 74.9 cm³/mol. The third kappa shape index (κ3) is 2.93. The molecule has 1 N–H and O–H groups in total. The van der Waals surface area contributed by atoms with Gasteiger partial charge in [-0.2, -0.15) is 4.31 Å². The van der Waals surface area contributed by atoms with Crippen LogP contribution in [0.2, 0.25) is 0 Å². The summed E-state index contributed by atoms with van der Waals surface area (Å²) in [6.45, 7) is 2.09. The minimum absolute atomic E-state index is 0.371. The highest BCUT2D eigenvalue weighted by Gasteiger charge is 2.31. The Balaban J connectivity index is 2.15. The molecule has 0 spiro atoms. The summed E-state index contributed by atoms with van der Waals surface area (Å²) < 4.78 is 27.2. The van der Waals surface area contributed by atoms with E-state index < -0.39 is 10.0 Å². The van der Waals surface area contributed by atoms with Crippen molar-refractivity contribution in [3.63, 3.8) is 0 Å². The van der Waals surface area contributed by atoms with Crippen LogP contribution in [0.1, 0.15) is 6.42 Å². The van der Waals surface area contributed by atoms with E-state index in [1.54, 1.807) is 28.6 Å². The van der Waals surface area contributed by atoms with Gasteiger partial charge in [-0.05, 0) is 50.2 Å². The second kappa shape index (κ2) is 5.69. The average Bonchev–Trinajstić information content (AvgIpc) is 2.79. The van der Waals surface area contributed by atoms with E-state index in [1.807, 2.05) is 7.05 Å². The van der Waals surface area contributed by atoms with Gasteiger partial charge in [-0.25, -0.2) is 8.42 Å². The molecule has 1 aromatic rings. The molecule has 1 heterocycles. The standard InChI is InChI=1S/C12H17BrN2O2S/c1-14-8-10-6-7-15(9-10)18(16,17)12-4-2-11(13)3-5-12/h2-5,10,14H,6-9H2,1H3. The molecule has 1 aliphatic rings. The molecule has 0 amide bonds. The molecule has 18 heavy (non-hydrogen) atoms. The quantitative estimate of drug-likeness (QED) is 0.912. The van der Waals surface area contributed by atoms with Crippen molar-refractivity contribution in [2.45, 2.75) is 11.3 Å². The maximum absolute atomic E-state index is 12.4. The normalized spacial score (nSPS) is 21.3. The number of halogens is 1. The minimum atomic E-state index is -3.32. The number of benzene rings is 1. The van der Waals surface area contributed by atoms with Gasteiger partial charge in [0.15, 0.2) is 0 Å². The molecule has 1 aliphatic heterocycles. The molecule has 1 atom stereocenters. The molecule has 1 saturated heterocycles. The van der Waals surface area contributed by atoms with E-state index in [0.29, 0.717) is 23.9 Å². The molecule has 0 bridgehead atoms. The minimum Gasteiger partial charge on any atom is -0.319 e. The Morgan fingerprint density at radius 1 is 1.39 bits per heavy atom. The largest absolute Gasteiger partial charge is 0.319 e. The van der Waals surface area contributed by atoms with E-state index in [4.69, 9.17) is 0 Å². The van der Waals surface area contributed by atoms with Crippen LogP contribution in [0.15, 0.2) is 33.6 Å². The molecule has 100 valence electrons. The van der Waals surface area contributed by atoms with Crippen molar-refractivity contribution < 1.29 is 8.42 Å². The number of hydrogen-bond acceptors (Lipinski definition) is 3. The van der Waals surface area contributed by atoms with Gasteiger partial charge in [0.25, 0.3) is 0 Å². The van der Waals surface area contributed by atoms with E-state index in [-0.39, 0.29) is 0 Å². The molecule has 2 rings (SSSR count). The summed E-state index contributed by atoms with van der Waals surface area (Å²) in [7, 11) is -1.43. The van der Waals surface area contributed by atoms with Crippen molar-refractivity contribution in [1.82, 2.24) is 9.62 Å². The van der Waals surface area contributed by atoms with Gasteiger partial charge in [-0.1, -0.05) is 15.9 Å². The smallest absolute Gasteiger partial charge is 0.243 e. The van der Waals surface area contributed by atoms with Crippen molar-refractivity contribution >= 4 is 26.0 Å². The zero-order chi connectivity index (χ0) is 13.2. The van der Waals surface area contributed by atoms with Crippen molar-refractivity contribution in [2.24, 2.45) is 5.92 Å². The Hall–Kier alpha value is -0.430. The van der Waals surface area contributed by atoms with Gasteiger partial charge < -0.3 is 5.32 Å². The van der Waals surface area contributed by atoms with Gasteiger partial charge in [0, 0.05) is 17.6 Å². The summed E-state index contributed by atoms with van der Waals surface area (Å²) in [6.07, 6.45) is 0.927. The van der Waals surface area contributed by atoms with Crippen LogP contribution in [0.5, 0.6) is 0 Å². The van der Waals surface area contributed by atoms with Crippen LogP contribution in [0.3, 0.4) is 0 Å². The lowest BCUT2D eigenvalue weighted by Gasteiger charge is -2.16. The highest BCUT2D eigenvalue weighted by atomic mass is 79.9. The summed E-state index contributed by atoms with van der Waals surface area (Å²) in [5.41, 5.74) is 0. The first-order valence-corrected chi connectivity index (χ1v) is 8.17. The van der Waals surface area contributed by atoms with Crippen molar-refractivity contribution in [3.8, 4) is 0 Å². The summed E-state index contributed by atoms with van der Waals surface area (Å²) in [6, 6.07) is 6.80. The van der Waals surface area contributed by atoms with Crippen molar-refractivity contribution in [2.75, 3.05) is 26.7 Å². The van der Waals surface area contributed by atoms with Gasteiger partial charge in [-0.15, -0.1) is 0 Å². The fourth-order valence-corrected chi connectivity index (χ4v) is 4.02. The lowest BCUT2D eigenvalue weighted by molar-refractivity contribution is 0.451. The number of nitrogens with one attached hydrogen (secondary N) is 1. The Labute approximate surface area is 117 Å². The molecule has 0 aliphatic carbocycles. The summed E-state index contributed by atoms with van der Waals surface area (Å²) in [5.74, 6) is 0.417. The molecule has 0 radical (unpaired) electrons. The first-order valence-electron chi connectivity index (χ1n) is 5.94. The predicted octanol–water partition coefficient (Wildman–Crippen LogP) is 1.68. The lowest BCUT2D eigenvalue weighted by atomic mass is 10.1. The van der Waals surface area contributed by atoms with Gasteiger partial charge >= 0.3 is 0 Å². The van der Waals surface area contributed by atoms with Crippen molar-refractivity contribution in [3.05, 3.63) is 28.7 Å². The molecule has 4 nitrogen and oxygen atoms in total. The fraction of sp³-hybridized carbons (Fsp3) is 0.500. The van der Waals surface area contributed by atoms with Crippen LogP contribution in [-0.2, 0) is 10.0 Å². The highest BCUT2D eigenvalue weighted by Crippen LogP contribution is 2.24. The molecule has 6 heteroatoms. The summed E-state index contributed by atoms with van der Waals surface area (Å²) >= 11 is 3.31. The SMILES string of the molecule is CNCC1CCN(S(=O)(=O)c2ccc(Br)cc2)C1. The fourth-order valence-electron chi connectivity index (χ4n) is 2.23. The number of rotatable bonds is 4. The number of sulfonamides is 1. The van der Waals surface area contributed by atoms with Crippen LogP contribution in [0, 0.1) is 5.92 Å². The first-order chi connectivity index (χ1) is 8.54. The third-order valence-electron chi connectivity index (χ3n) is 3.19.